The molecule has 2 rings (SSSR count). The maximum absolute atomic E-state index is 13.0. The number of carbonyl (C=O) groups excluding carboxylic acids is 1. The Bertz CT molecular complexity index is 441. The first-order chi connectivity index (χ1) is 9.63. The van der Waals surface area contributed by atoms with Crippen LogP contribution in [0, 0.1) is 11.6 Å². The average Bonchev–Trinajstić information content (AvgIpc) is 2.38. The zero-order valence-electron chi connectivity index (χ0n) is 11.3. The summed E-state index contributed by atoms with van der Waals surface area (Å²) in [5.74, 6) is -1.23. The fourth-order valence-electron chi connectivity index (χ4n) is 2.23. The van der Waals surface area contributed by atoms with Crippen molar-refractivity contribution in [1.29, 1.82) is 0 Å². The maximum atomic E-state index is 13.0. The quantitative estimate of drug-likeness (QED) is 0.828. The van der Waals surface area contributed by atoms with Gasteiger partial charge < -0.3 is 10.6 Å². The van der Waals surface area contributed by atoms with Gasteiger partial charge in [0.25, 0.3) is 0 Å². The van der Waals surface area contributed by atoms with E-state index in [4.69, 9.17) is 0 Å². The molecule has 1 saturated heterocycles. The normalized spacial score (nSPS) is 16.1. The standard InChI is InChI=1S/C14H19F2N3O/c15-12-7-11(8-13(16)9-12)1-2-18-14(20)10-19-5-3-17-4-6-19/h7-9,17H,1-6,10H2,(H,18,20). The summed E-state index contributed by atoms with van der Waals surface area (Å²) < 4.78 is 26.0. The van der Waals surface area contributed by atoms with E-state index in [-0.39, 0.29) is 5.91 Å². The van der Waals surface area contributed by atoms with Crippen LogP contribution in [0.4, 0.5) is 8.78 Å². The second-order valence-electron chi connectivity index (χ2n) is 4.90. The number of nitrogens with zero attached hydrogens (tertiary/aromatic N) is 1. The number of amides is 1. The van der Waals surface area contributed by atoms with Crippen LogP contribution in [-0.2, 0) is 11.2 Å². The van der Waals surface area contributed by atoms with Gasteiger partial charge in [0.2, 0.25) is 5.91 Å². The molecule has 0 unspecified atom stereocenters. The number of hydrogen-bond acceptors (Lipinski definition) is 3. The van der Waals surface area contributed by atoms with E-state index in [0.29, 0.717) is 25.1 Å². The van der Waals surface area contributed by atoms with E-state index in [1.165, 1.54) is 12.1 Å². The molecule has 0 aliphatic carbocycles. The second-order valence-corrected chi connectivity index (χ2v) is 4.90. The van der Waals surface area contributed by atoms with E-state index in [9.17, 15) is 13.6 Å². The van der Waals surface area contributed by atoms with E-state index in [2.05, 4.69) is 15.5 Å². The molecule has 1 amide bonds. The largest absolute Gasteiger partial charge is 0.355 e. The zero-order valence-corrected chi connectivity index (χ0v) is 11.3. The molecule has 1 aromatic carbocycles. The third kappa shape index (κ3) is 4.86. The van der Waals surface area contributed by atoms with Gasteiger partial charge in [-0.3, -0.25) is 9.69 Å². The summed E-state index contributed by atoms with van der Waals surface area (Å²) in [4.78, 5) is 13.8. The van der Waals surface area contributed by atoms with Crippen LogP contribution in [0.3, 0.4) is 0 Å². The molecule has 0 radical (unpaired) electrons. The lowest BCUT2D eigenvalue weighted by molar-refractivity contribution is -0.122. The van der Waals surface area contributed by atoms with Gasteiger partial charge in [-0.05, 0) is 24.1 Å². The van der Waals surface area contributed by atoms with Crippen LogP contribution < -0.4 is 10.6 Å². The molecule has 0 spiro atoms. The number of nitrogens with one attached hydrogen (secondary N) is 2. The summed E-state index contributed by atoms with van der Waals surface area (Å²) in [5, 5.41) is 5.99. The van der Waals surface area contributed by atoms with Gasteiger partial charge in [0.1, 0.15) is 11.6 Å². The first-order valence-electron chi connectivity index (χ1n) is 6.78. The van der Waals surface area contributed by atoms with Crippen LogP contribution in [0.25, 0.3) is 0 Å². The Morgan fingerprint density at radius 1 is 1.20 bits per heavy atom. The average molecular weight is 283 g/mol. The van der Waals surface area contributed by atoms with E-state index in [1.54, 1.807) is 0 Å². The van der Waals surface area contributed by atoms with Crippen LogP contribution in [-0.4, -0.2) is 50.1 Å². The zero-order chi connectivity index (χ0) is 14.4. The molecule has 1 aliphatic rings. The van der Waals surface area contributed by atoms with Crippen LogP contribution in [0.15, 0.2) is 18.2 Å². The number of hydrogen-bond donors (Lipinski definition) is 2. The summed E-state index contributed by atoms with van der Waals surface area (Å²) in [6, 6.07) is 3.41. The van der Waals surface area contributed by atoms with Crippen molar-refractivity contribution in [1.82, 2.24) is 15.5 Å². The van der Waals surface area contributed by atoms with Gasteiger partial charge in [0.05, 0.1) is 6.54 Å². The summed E-state index contributed by atoms with van der Waals surface area (Å²) in [6.07, 6.45) is 0.419. The van der Waals surface area contributed by atoms with Crippen molar-refractivity contribution < 1.29 is 13.6 Å². The predicted octanol–water partition coefficient (Wildman–Crippen LogP) is 0.529. The molecule has 1 heterocycles. The van der Waals surface area contributed by atoms with Gasteiger partial charge in [0.15, 0.2) is 0 Å². The van der Waals surface area contributed by atoms with Gasteiger partial charge in [-0.1, -0.05) is 0 Å². The molecule has 110 valence electrons. The maximum Gasteiger partial charge on any atom is 0.234 e. The molecule has 20 heavy (non-hydrogen) atoms. The molecule has 2 N–H and O–H groups in total. The highest BCUT2D eigenvalue weighted by Gasteiger charge is 2.12. The fraction of sp³-hybridized carbons (Fsp3) is 0.500. The van der Waals surface area contributed by atoms with E-state index in [1.807, 2.05) is 0 Å². The Kier molecular flexibility index (Phi) is 5.43. The van der Waals surface area contributed by atoms with Crippen molar-refractivity contribution in [3.05, 3.63) is 35.4 Å². The molecule has 0 bridgehead atoms. The van der Waals surface area contributed by atoms with Gasteiger partial charge in [-0.15, -0.1) is 0 Å². The molecule has 4 nitrogen and oxygen atoms in total. The van der Waals surface area contributed by atoms with Crippen molar-refractivity contribution in [3.63, 3.8) is 0 Å². The van der Waals surface area contributed by atoms with Crippen LogP contribution in [0.2, 0.25) is 0 Å². The molecule has 0 aromatic heterocycles. The summed E-state index contributed by atoms with van der Waals surface area (Å²) in [5.41, 5.74) is 0.546. The Balaban J connectivity index is 1.70. The molecular formula is C14H19F2N3O. The fourth-order valence-corrected chi connectivity index (χ4v) is 2.23. The topological polar surface area (TPSA) is 44.4 Å². The highest BCUT2D eigenvalue weighted by atomic mass is 19.1. The van der Waals surface area contributed by atoms with Crippen molar-refractivity contribution in [2.24, 2.45) is 0 Å². The lowest BCUT2D eigenvalue weighted by Gasteiger charge is -2.26. The predicted molar refractivity (Wildman–Crippen MR) is 72.4 cm³/mol. The SMILES string of the molecule is O=C(CN1CCNCC1)NCCc1cc(F)cc(F)c1. The van der Waals surface area contributed by atoms with Gasteiger partial charge in [-0.25, -0.2) is 8.78 Å². The minimum Gasteiger partial charge on any atom is -0.355 e. The number of rotatable bonds is 5. The highest BCUT2D eigenvalue weighted by molar-refractivity contribution is 5.78. The van der Waals surface area contributed by atoms with Crippen molar-refractivity contribution in [2.45, 2.75) is 6.42 Å². The third-order valence-corrected chi connectivity index (χ3v) is 3.24. The minimum absolute atomic E-state index is 0.0521. The van der Waals surface area contributed by atoms with E-state index < -0.39 is 11.6 Å². The minimum atomic E-state index is -0.591. The van der Waals surface area contributed by atoms with Gasteiger partial charge in [-0.2, -0.15) is 0 Å². The molecule has 1 fully saturated rings. The lowest BCUT2D eigenvalue weighted by atomic mass is 10.1. The van der Waals surface area contributed by atoms with Crippen LogP contribution in [0.5, 0.6) is 0 Å². The number of piperazine rings is 1. The molecule has 1 aromatic rings. The number of halogens is 2. The van der Waals surface area contributed by atoms with Gasteiger partial charge in [0, 0.05) is 38.8 Å². The van der Waals surface area contributed by atoms with Crippen molar-refractivity contribution >= 4 is 5.91 Å². The Morgan fingerprint density at radius 2 is 1.85 bits per heavy atom. The van der Waals surface area contributed by atoms with Crippen LogP contribution >= 0.6 is 0 Å². The Hall–Kier alpha value is -1.53. The lowest BCUT2D eigenvalue weighted by Crippen LogP contribution is -2.47. The van der Waals surface area contributed by atoms with Crippen LogP contribution in [0.1, 0.15) is 5.56 Å². The summed E-state index contributed by atoms with van der Waals surface area (Å²) in [6.45, 7) is 4.28. The first kappa shape index (κ1) is 14.9. The highest BCUT2D eigenvalue weighted by Crippen LogP contribution is 2.08. The summed E-state index contributed by atoms with van der Waals surface area (Å²) in [7, 11) is 0. The molecule has 0 atom stereocenters. The number of benzene rings is 1. The monoisotopic (exact) mass is 283 g/mol. The van der Waals surface area contributed by atoms with E-state index >= 15 is 0 Å². The second kappa shape index (κ2) is 7.31. The third-order valence-electron chi connectivity index (χ3n) is 3.24. The molecule has 1 aliphatic heterocycles. The summed E-state index contributed by atoms with van der Waals surface area (Å²) >= 11 is 0. The molecular weight excluding hydrogens is 264 g/mol. The van der Waals surface area contributed by atoms with E-state index in [0.717, 1.165) is 32.2 Å². The molecule has 6 heteroatoms. The first-order valence-corrected chi connectivity index (χ1v) is 6.78. The van der Waals surface area contributed by atoms with Crippen molar-refractivity contribution in [2.75, 3.05) is 39.3 Å². The van der Waals surface area contributed by atoms with Crippen molar-refractivity contribution in [3.8, 4) is 0 Å². The Labute approximate surface area is 117 Å². The number of carbonyl (C=O) groups is 1. The van der Waals surface area contributed by atoms with Gasteiger partial charge >= 0.3 is 0 Å². The Morgan fingerprint density at radius 3 is 2.50 bits per heavy atom. The molecule has 0 saturated carbocycles. The smallest absolute Gasteiger partial charge is 0.234 e.